The van der Waals surface area contributed by atoms with Gasteiger partial charge in [-0.1, -0.05) is 6.92 Å². The van der Waals surface area contributed by atoms with Crippen molar-refractivity contribution in [3.05, 3.63) is 24.3 Å². The van der Waals surface area contributed by atoms with Crippen LogP contribution in [0, 0.1) is 5.92 Å². The van der Waals surface area contributed by atoms with E-state index >= 15 is 0 Å². The van der Waals surface area contributed by atoms with Crippen LogP contribution in [-0.2, 0) is 0 Å². The molecular formula is C18H29N3O2. The molecule has 0 aliphatic carbocycles. The van der Waals surface area contributed by atoms with Crippen molar-refractivity contribution in [1.82, 2.24) is 10.2 Å². The van der Waals surface area contributed by atoms with Gasteiger partial charge in [0.1, 0.15) is 17.6 Å². The average Bonchev–Trinajstić information content (AvgIpc) is 2.57. The Morgan fingerprint density at radius 2 is 1.87 bits per heavy atom. The van der Waals surface area contributed by atoms with Crippen LogP contribution in [0.3, 0.4) is 0 Å². The lowest BCUT2D eigenvalue weighted by molar-refractivity contribution is 0.218. The first-order valence-corrected chi connectivity index (χ1v) is 8.38. The third-order valence-corrected chi connectivity index (χ3v) is 4.24. The number of aliphatic imine (C=N–C) groups is 1. The summed E-state index contributed by atoms with van der Waals surface area (Å²) in [6.45, 7) is 7.26. The first-order valence-electron chi connectivity index (χ1n) is 8.38. The van der Waals surface area contributed by atoms with E-state index in [2.05, 4.69) is 29.1 Å². The SMILES string of the molecule is CN=C(NCC(C)Oc1ccc(OC)cc1)N1CCC(C)CC1. The molecule has 0 saturated carbocycles. The van der Waals surface area contributed by atoms with Gasteiger partial charge in [0.15, 0.2) is 5.96 Å². The monoisotopic (exact) mass is 319 g/mol. The number of ether oxygens (including phenoxy) is 2. The van der Waals surface area contributed by atoms with Crippen LogP contribution in [-0.4, -0.2) is 50.8 Å². The summed E-state index contributed by atoms with van der Waals surface area (Å²) in [5.74, 6) is 3.48. The van der Waals surface area contributed by atoms with Crippen molar-refractivity contribution in [2.45, 2.75) is 32.8 Å². The summed E-state index contributed by atoms with van der Waals surface area (Å²) in [6, 6.07) is 7.67. The molecule has 0 amide bonds. The molecule has 1 aromatic carbocycles. The highest BCUT2D eigenvalue weighted by Crippen LogP contribution is 2.18. The van der Waals surface area contributed by atoms with E-state index in [4.69, 9.17) is 9.47 Å². The molecule has 2 rings (SSSR count). The van der Waals surface area contributed by atoms with Crippen LogP contribution in [0.4, 0.5) is 0 Å². The maximum atomic E-state index is 5.92. The van der Waals surface area contributed by atoms with E-state index in [0.717, 1.165) is 43.0 Å². The van der Waals surface area contributed by atoms with Gasteiger partial charge in [-0.05, 0) is 49.9 Å². The van der Waals surface area contributed by atoms with Crippen molar-refractivity contribution in [2.24, 2.45) is 10.9 Å². The molecule has 0 aromatic heterocycles. The van der Waals surface area contributed by atoms with E-state index in [1.165, 1.54) is 12.8 Å². The number of hydrogen-bond donors (Lipinski definition) is 1. The Bertz CT molecular complexity index is 493. The number of likely N-dealkylation sites (tertiary alicyclic amines) is 1. The van der Waals surface area contributed by atoms with Crippen LogP contribution >= 0.6 is 0 Å². The molecule has 1 aliphatic heterocycles. The number of nitrogens with zero attached hydrogens (tertiary/aromatic N) is 2. The van der Waals surface area contributed by atoms with E-state index in [0.29, 0.717) is 0 Å². The van der Waals surface area contributed by atoms with Gasteiger partial charge >= 0.3 is 0 Å². The molecule has 5 heteroatoms. The highest BCUT2D eigenvalue weighted by Gasteiger charge is 2.18. The first kappa shape index (κ1) is 17.4. The zero-order chi connectivity index (χ0) is 16.7. The van der Waals surface area contributed by atoms with Crippen molar-refractivity contribution < 1.29 is 9.47 Å². The number of guanidine groups is 1. The first-order chi connectivity index (χ1) is 11.1. The van der Waals surface area contributed by atoms with Crippen LogP contribution in [0.1, 0.15) is 26.7 Å². The fraction of sp³-hybridized carbons (Fsp3) is 0.611. The summed E-state index contributed by atoms with van der Waals surface area (Å²) in [4.78, 5) is 6.73. The minimum Gasteiger partial charge on any atom is -0.497 e. The molecule has 23 heavy (non-hydrogen) atoms. The van der Waals surface area contributed by atoms with Gasteiger partial charge in [-0.2, -0.15) is 0 Å². The zero-order valence-electron chi connectivity index (χ0n) is 14.7. The van der Waals surface area contributed by atoms with E-state index in [-0.39, 0.29) is 6.10 Å². The number of piperidine rings is 1. The summed E-state index contributed by atoms with van der Waals surface area (Å²) in [5, 5.41) is 3.42. The van der Waals surface area contributed by atoms with Gasteiger partial charge in [0.25, 0.3) is 0 Å². The van der Waals surface area contributed by atoms with E-state index in [1.807, 2.05) is 31.3 Å². The van der Waals surface area contributed by atoms with Gasteiger partial charge in [0.05, 0.1) is 13.7 Å². The Kier molecular flexibility index (Phi) is 6.56. The topological polar surface area (TPSA) is 46.1 Å². The number of hydrogen-bond acceptors (Lipinski definition) is 3. The van der Waals surface area contributed by atoms with Crippen LogP contribution < -0.4 is 14.8 Å². The summed E-state index contributed by atoms with van der Waals surface area (Å²) >= 11 is 0. The van der Waals surface area contributed by atoms with Crippen molar-refractivity contribution >= 4 is 5.96 Å². The fourth-order valence-corrected chi connectivity index (χ4v) is 2.72. The van der Waals surface area contributed by atoms with Gasteiger partial charge in [-0.3, -0.25) is 4.99 Å². The second-order valence-electron chi connectivity index (χ2n) is 6.20. The molecule has 0 bridgehead atoms. The molecular weight excluding hydrogens is 290 g/mol. The minimum absolute atomic E-state index is 0.0591. The van der Waals surface area contributed by atoms with Gasteiger partial charge in [0, 0.05) is 20.1 Å². The lowest BCUT2D eigenvalue weighted by Crippen LogP contribution is -2.47. The average molecular weight is 319 g/mol. The molecule has 1 aliphatic rings. The fourth-order valence-electron chi connectivity index (χ4n) is 2.72. The van der Waals surface area contributed by atoms with Crippen molar-refractivity contribution in [3.63, 3.8) is 0 Å². The number of nitrogens with one attached hydrogen (secondary N) is 1. The third kappa shape index (κ3) is 5.34. The Morgan fingerprint density at radius 1 is 1.26 bits per heavy atom. The molecule has 1 heterocycles. The standard InChI is InChI=1S/C18H29N3O2/c1-14-9-11-21(12-10-14)18(19-3)20-13-15(2)23-17-7-5-16(22-4)6-8-17/h5-8,14-15H,9-13H2,1-4H3,(H,19,20). The number of rotatable bonds is 5. The Balaban J connectivity index is 1.78. The molecule has 0 radical (unpaired) electrons. The summed E-state index contributed by atoms with van der Waals surface area (Å²) < 4.78 is 11.1. The second-order valence-corrected chi connectivity index (χ2v) is 6.20. The predicted molar refractivity (Wildman–Crippen MR) is 94.4 cm³/mol. The lowest BCUT2D eigenvalue weighted by Gasteiger charge is -2.33. The van der Waals surface area contributed by atoms with Gasteiger partial charge in [0.2, 0.25) is 0 Å². The third-order valence-electron chi connectivity index (χ3n) is 4.24. The maximum absolute atomic E-state index is 5.92. The molecule has 1 aromatic rings. The van der Waals surface area contributed by atoms with Crippen LogP contribution in [0.2, 0.25) is 0 Å². The highest BCUT2D eigenvalue weighted by atomic mass is 16.5. The number of benzene rings is 1. The van der Waals surface area contributed by atoms with Crippen LogP contribution in [0.15, 0.2) is 29.3 Å². The Hall–Kier alpha value is -1.91. The normalized spacial score (nSPS) is 17.7. The largest absolute Gasteiger partial charge is 0.497 e. The minimum atomic E-state index is 0.0591. The number of methoxy groups -OCH3 is 1. The molecule has 1 saturated heterocycles. The lowest BCUT2D eigenvalue weighted by atomic mass is 10.00. The maximum Gasteiger partial charge on any atom is 0.193 e. The summed E-state index contributed by atoms with van der Waals surface area (Å²) in [5.41, 5.74) is 0. The summed E-state index contributed by atoms with van der Waals surface area (Å²) in [6.07, 6.45) is 2.53. The van der Waals surface area contributed by atoms with Gasteiger partial charge < -0.3 is 19.7 Å². The quantitative estimate of drug-likeness (QED) is 0.669. The molecule has 0 spiro atoms. The van der Waals surface area contributed by atoms with Gasteiger partial charge in [-0.25, -0.2) is 0 Å². The van der Waals surface area contributed by atoms with E-state index in [9.17, 15) is 0 Å². The van der Waals surface area contributed by atoms with E-state index < -0.39 is 0 Å². The highest BCUT2D eigenvalue weighted by molar-refractivity contribution is 5.80. The predicted octanol–water partition coefficient (Wildman–Crippen LogP) is 2.77. The van der Waals surface area contributed by atoms with Crippen molar-refractivity contribution in [2.75, 3.05) is 33.8 Å². The van der Waals surface area contributed by atoms with Crippen molar-refractivity contribution in [1.29, 1.82) is 0 Å². The van der Waals surface area contributed by atoms with Crippen LogP contribution in [0.25, 0.3) is 0 Å². The Morgan fingerprint density at radius 3 is 2.43 bits per heavy atom. The molecule has 1 fully saturated rings. The van der Waals surface area contributed by atoms with Crippen molar-refractivity contribution in [3.8, 4) is 11.5 Å². The zero-order valence-corrected chi connectivity index (χ0v) is 14.7. The van der Waals surface area contributed by atoms with Gasteiger partial charge in [-0.15, -0.1) is 0 Å². The molecule has 1 atom stereocenters. The molecule has 128 valence electrons. The van der Waals surface area contributed by atoms with E-state index in [1.54, 1.807) is 7.11 Å². The smallest absolute Gasteiger partial charge is 0.193 e. The molecule has 5 nitrogen and oxygen atoms in total. The Labute approximate surface area is 139 Å². The molecule has 1 unspecified atom stereocenters. The second kappa shape index (κ2) is 8.65. The summed E-state index contributed by atoms with van der Waals surface area (Å²) in [7, 11) is 3.50. The molecule has 1 N–H and O–H groups in total. The van der Waals surface area contributed by atoms with Crippen LogP contribution in [0.5, 0.6) is 11.5 Å².